The van der Waals surface area contributed by atoms with Crippen molar-refractivity contribution in [2.75, 3.05) is 0 Å². The molecule has 0 aliphatic carbocycles. The Morgan fingerprint density at radius 2 is 1.75 bits per heavy atom. The Morgan fingerprint density at radius 1 is 1.12 bits per heavy atom. The van der Waals surface area contributed by atoms with E-state index in [0.717, 1.165) is 11.1 Å². The van der Waals surface area contributed by atoms with E-state index in [0.29, 0.717) is 18.3 Å². The molecule has 0 aliphatic rings. The van der Waals surface area contributed by atoms with Crippen LogP contribution in [0.15, 0.2) is 36.7 Å². The first kappa shape index (κ1) is 10.6. The van der Waals surface area contributed by atoms with Gasteiger partial charge in [-0.1, -0.05) is 12.1 Å². The van der Waals surface area contributed by atoms with Crippen molar-refractivity contribution in [3.63, 3.8) is 0 Å². The Bertz CT molecular complexity index is 451. The van der Waals surface area contributed by atoms with Gasteiger partial charge in [-0.2, -0.15) is 0 Å². The highest BCUT2D eigenvalue weighted by atomic mass is 16.5. The van der Waals surface area contributed by atoms with Crippen LogP contribution >= 0.6 is 0 Å². The molecule has 0 saturated heterocycles. The lowest BCUT2D eigenvalue weighted by molar-refractivity contribution is 0.441. The van der Waals surface area contributed by atoms with E-state index in [1.807, 2.05) is 31.2 Å². The van der Waals surface area contributed by atoms with Crippen molar-refractivity contribution in [1.29, 1.82) is 0 Å². The van der Waals surface area contributed by atoms with Gasteiger partial charge in [-0.05, 0) is 30.2 Å². The third-order valence-corrected chi connectivity index (χ3v) is 2.13. The molecule has 4 heteroatoms. The lowest BCUT2D eigenvalue weighted by atomic mass is 10.2. The van der Waals surface area contributed by atoms with Crippen molar-refractivity contribution in [3.8, 4) is 11.8 Å². The van der Waals surface area contributed by atoms with Gasteiger partial charge in [0.15, 0.2) is 0 Å². The molecule has 0 unspecified atom stereocenters. The third kappa shape index (κ3) is 2.55. The van der Waals surface area contributed by atoms with Crippen LogP contribution in [-0.4, -0.2) is 9.97 Å². The molecule has 2 N–H and O–H groups in total. The van der Waals surface area contributed by atoms with Crippen molar-refractivity contribution in [2.24, 2.45) is 5.73 Å². The van der Waals surface area contributed by atoms with Gasteiger partial charge in [0.1, 0.15) is 5.75 Å². The monoisotopic (exact) mass is 215 g/mol. The number of rotatable bonds is 3. The fourth-order valence-corrected chi connectivity index (χ4v) is 1.23. The summed E-state index contributed by atoms with van der Waals surface area (Å²) in [6.45, 7) is 2.46. The van der Waals surface area contributed by atoms with E-state index in [1.54, 1.807) is 12.4 Å². The second-order valence-electron chi connectivity index (χ2n) is 3.49. The average molecular weight is 215 g/mol. The summed E-state index contributed by atoms with van der Waals surface area (Å²) in [5.41, 5.74) is 7.58. The number of benzene rings is 1. The van der Waals surface area contributed by atoms with Gasteiger partial charge in [-0.25, -0.2) is 9.97 Å². The first-order chi connectivity index (χ1) is 7.78. The van der Waals surface area contributed by atoms with E-state index in [4.69, 9.17) is 10.5 Å². The maximum Gasteiger partial charge on any atom is 0.321 e. The summed E-state index contributed by atoms with van der Waals surface area (Å²) in [7, 11) is 0. The van der Waals surface area contributed by atoms with Gasteiger partial charge in [0.05, 0.1) is 0 Å². The zero-order valence-electron chi connectivity index (χ0n) is 9.05. The highest BCUT2D eigenvalue weighted by molar-refractivity contribution is 5.29. The van der Waals surface area contributed by atoms with Crippen LogP contribution < -0.4 is 10.5 Å². The third-order valence-electron chi connectivity index (χ3n) is 2.13. The SMILES string of the molecule is Cc1cnc(Oc2ccc(CN)cc2)nc1. The van der Waals surface area contributed by atoms with E-state index in [9.17, 15) is 0 Å². The summed E-state index contributed by atoms with van der Waals surface area (Å²) < 4.78 is 5.47. The van der Waals surface area contributed by atoms with Gasteiger partial charge in [-0.3, -0.25) is 0 Å². The molecule has 16 heavy (non-hydrogen) atoms. The molecule has 0 spiro atoms. The molecule has 1 aromatic heterocycles. The van der Waals surface area contributed by atoms with E-state index >= 15 is 0 Å². The molecule has 0 bridgehead atoms. The predicted molar refractivity (Wildman–Crippen MR) is 61.2 cm³/mol. The van der Waals surface area contributed by atoms with E-state index in [1.165, 1.54) is 0 Å². The fraction of sp³-hybridized carbons (Fsp3) is 0.167. The highest BCUT2D eigenvalue weighted by Crippen LogP contribution is 2.17. The molecule has 0 amide bonds. The molecule has 1 heterocycles. The minimum atomic E-state index is 0.353. The minimum Gasteiger partial charge on any atom is -0.424 e. The van der Waals surface area contributed by atoms with Crippen LogP contribution in [0.5, 0.6) is 11.8 Å². The topological polar surface area (TPSA) is 61.0 Å². The average Bonchev–Trinajstić information content (AvgIpc) is 2.33. The Hall–Kier alpha value is -1.94. The second kappa shape index (κ2) is 4.72. The molecule has 0 fully saturated rings. The number of nitrogens with zero attached hydrogens (tertiary/aromatic N) is 2. The van der Waals surface area contributed by atoms with Crippen molar-refractivity contribution in [2.45, 2.75) is 13.5 Å². The Kier molecular flexibility index (Phi) is 3.12. The normalized spacial score (nSPS) is 10.1. The standard InChI is InChI=1S/C12H13N3O/c1-9-7-14-12(15-8-9)16-11-4-2-10(6-13)3-5-11/h2-5,7-8H,6,13H2,1H3. The van der Waals surface area contributed by atoms with Gasteiger partial charge >= 0.3 is 6.01 Å². The van der Waals surface area contributed by atoms with Crippen molar-refractivity contribution >= 4 is 0 Å². The largest absolute Gasteiger partial charge is 0.424 e. The van der Waals surface area contributed by atoms with E-state index < -0.39 is 0 Å². The zero-order chi connectivity index (χ0) is 11.4. The van der Waals surface area contributed by atoms with Gasteiger partial charge in [0.2, 0.25) is 0 Å². The maximum atomic E-state index is 5.50. The van der Waals surface area contributed by atoms with E-state index in [-0.39, 0.29) is 0 Å². The smallest absolute Gasteiger partial charge is 0.321 e. The lowest BCUT2D eigenvalue weighted by Gasteiger charge is -2.04. The molecule has 1 aromatic carbocycles. The molecule has 0 aliphatic heterocycles. The van der Waals surface area contributed by atoms with Crippen LogP contribution in [-0.2, 0) is 6.54 Å². The molecule has 2 rings (SSSR count). The van der Waals surface area contributed by atoms with Gasteiger partial charge in [0.25, 0.3) is 0 Å². The number of hydrogen-bond acceptors (Lipinski definition) is 4. The zero-order valence-corrected chi connectivity index (χ0v) is 9.05. The summed E-state index contributed by atoms with van der Waals surface area (Å²) in [6.07, 6.45) is 3.44. The number of hydrogen-bond donors (Lipinski definition) is 1. The molecule has 0 radical (unpaired) electrons. The van der Waals surface area contributed by atoms with Crippen LogP contribution in [0.2, 0.25) is 0 Å². The Labute approximate surface area is 94.1 Å². The van der Waals surface area contributed by atoms with E-state index in [2.05, 4.69) is 9.97 Å². The lowest BCUT2D eigenvalue weighted by Crippen LogP contribution is -1.96. The first-order valence-electron chi connectivity index (χ1n) is 5.03. The minimum absolute atomic E-state index is 0.353. The van der Waals surface area contributed by atoms with Crippen LogP contribution in [0.25, 0.3) is 0 Å². The summed E-state index contributed by atoms with van der Waals surface area (Å²) >= 11 is 0. The predicted octanol–water partition coefficient (Wildman–Crippen LogP) is 2.04. The maximum absolute atomic E-state index is 5.50. The highest BCUT2D eigenvalue weighted by Gasteiger charge is 1.99. The molecule has 0 saturated carbocycles. The summed E-state index contributed by atoms with van der Waals surface area (Å²) in [6, 6.07) is 7.90. The van der Waals surface area contributed by atoms with Crippen LogP contribution in [0.4, 0.5) is 0 Å². The summed E-state index contributed by atoms with van der Waals surface area (Å²) in [5, 5.41) is 0. The molecular formula is C12H13N3O. The first-order valence-corrected chi connectivity index (χ1v) is 5.03. The van der Waals surface area contributed by atoms with Crippen LogP contribution in [0.3, 0.4) is 0 Å². The fourth-order valence-electron chi connectivity index (χ4n) is 1.23. The van der Waals surface area contributed by atoms with Crippen molar-refractivity contribution in [3.05, 3.63) is 47.8 Å². The quantitative estimate of drug-likeness (QED) is 0.851. The summed E-state index contributed by atoms with van der Waals surface area (Å²) in [4.78, 5) is 8.12. The number of aromatic nitrogens is 2. The van der Waals surface area contributed by atoms with Crippen molar-refractivity contribution in [1.82, 2.24) is 9.97 Å². The molecular weight excluding hydrogens is 202 g/mol. The molecule has 4 nitrogen and oxygen atoms in total. The number of nitrogens with two attached hydrogens (primary N) is 1. The molecule has 0 atom stereocenters. The Morgan fingerprint density at radius 3 is 2.31 bits per heavy atom. The van der Waals surface area contributed by atoms with Gasteiger partial charge < -0.3 is 10.5 Å². The molecule has 2 aromatic rings. The number of aryl methyl sites for hydroxylation is 1. The van der Waals surface area contributed by atoms with Crippen molar-refractivity contribution < 1.29 is 4.74 Å². The number of ether oxygens (including phenoxy) is 1. The van der Waals surface area contributed by atoms with Gasteiger partial charge in [-0.15, -0.1) is 0 Å². The Balaban J connectivity index is 2.11. The van der Waals surface area contributed by atoms with Gasteiger partial charge in [0, 0.05) is 18.9 Å². The van der Waals surface area contributed by atoms with Crippen LogP contribution in [0, 0.1) is 6.92 Å². The second-order valence-corrected chi connectivity index (χ2v) is 3.49. The van der Waals surface area contributed by atoms with Crippen LogP contribution in [0.1, 0.15) is 11.1 Å². The molecule has 82 valence electrons. The summed E-state index contributed by atoms with van der Waals surface area (Å²) in [5.74, 6) is 0.709.